The number of hydrogen-bond acceptors (Lipinski definition) is 4. The summed E-state index contributed by atoms with van der Waals surface area (Å²) in [6.07, 6.45) is 0.586. The molecule has 33 heavy (non-hydrogen) atoms. The number of amides is 1. The highest BCUT2D eigenvalue weighted by atomic mass is 32.2. The number of para-hydroxylation sites is 1. The molecule has 1 atom stereocenters. The minimum Gasteiger partial charge on any atom is -0.496 e. The van der Waals surface area contributed by atoms with E-state index in [0.29, 0.717) is 6.42 Å². The van der Waals surface area contributed by atoms with Gasteiger partial charge in [-0.15, -0.1) is 0 Å². The van der Waals surface area contributed by atoms with Crippen molar-refractivity contribution >= 4 is 21.6 Å². The smallest absolute Gasteiger partial charge is 0.264 e. The summed E-state index contributed by atoms with van der Waals surface area (Å²) in [6.45, 7) is 3.26. The summed E-state index contributed by atoms with van der Waals surface area (Å²) in [5.41, 5.74) is 1.60. The Labute approximate surface area is 194 Å². The Morgan fingerprint density at radius 1 is 1.06 bits per heavy atom. The van der Waals surface area contributed by atoms with Crippen molar-refractivity contribution in [1.82, 2.24) is 5.32 Å². The largest absolute Gasteiger partial charge is 0.496 e. The highest BCUT2D eigenvalue weighted by molar-refractivity contribution is 7.92. The van der Waals surface area contributed by atoms with Crippen molar-refractivity contribution in [3.05, 3.63) is 89.7 Å². The summed E-state index contributed by atoms with van der Waals surface area (Å²) in [6, 6.07) is 18.4. The molecule has 1 N–H and O–H groups in total. The Hall–Kier alpha value is -3.39. The van der Waals surface area contributed by atoms with Gasteiger partial charge in [0.25, 0.3) is 10.0 Å². The van der Waals surface area contributed by atoms with Crippen LogP contribution >= 0.6 is 0 Å². The molecule has 0 fully saturated rings. The van der Waals surface area contributed by atoms with Crippen LogP contribution in [-0.2, 0) is 14.8 Å². The van der Waals surface area contributed by atoms with Gasteiger partial charge < -0.3 is 10.1 Å². The van der Waals surface area contributed by atoms with Gasteiger partial charge in [-0.05, 0) is 54.8 Å². The Balaban J connectivity index is 1.90. The lowest BCUT2D eigenvalue weighted by atomic mass is 10.0. The Morgan fingerprint density at radius 3 is 2.33 bits per heavy atom. The number of anilines is 1. The van der Waals surface area contributed by atoms with Crippen LogP contribution in [0.2, 0.25) is 0 Å². The molecule has 0 spiro atoms. The number of rotatable bonds is 9. The van der Waals surface area contributed by atoms with Crippen molar-refractivity contribution in [2.24, 2.45) is 0 Å². The molecular weight excluding hydrogens is 443 g/mol. The first-order valence-electron chi connectivity index (χ1n) is 10.5. The standard InChI is InChI=1S/C25H27FN2O4S/c1-4-22(19-14-15-24(32-3)18(2)16-19)27-25(29)17-28(23-13-9-8-12-21(23)26)33(30,31)20-10-6-5-7-11-20/h5-16,22H,4,17H2,1-3H3,(H,27,29)/t22-/m1/s1. The number of nitrogens with zero attached hydrogens (tertiary/aromatic N) is 1. The molecule has 8 heteroatoms. The average Bonchev–Trinajstić information content (AvgIpc) is 2.82. The molecule has 0 bridgehead atoms. The van der Waals surface area contributed by atoms with Gasteiger partial charge >= 0.3 is 0 Å². The van der Waals surface area contributed by atoms with Gasteiger partial charge in [0.15, 0.2) is 0 Å². The minimum atomic E-state index is -4.18. The first kappa shape index (κ1) is 24.3. The second-order valence-corrected chi connectivity index (χ2v) is 9.40. The lowest BCUT2D eigenvalue weighted by Gasteiger charge is -2.26. The number of hydrogen-bond donors (Lipinski definition) is 1. The molecule has 3 aromatic carbocycles. The fraction of sp³-hybridized carbons (Fsp3) is 0.240. The van der Waals surface area contributed by atoms with Gasteiger partial charge in [0, 0.05) is 0 Å². The van der Waals surface area contributed by atoms with E-state index in [1.165, 1.54) is 30.3 Å². The lowest BCUT2D eigenvalue weighted by Crippen LogP contribution is -2.42. The van der Waals surface area contributed by atoms with Crippen LogP contribution in [0, 0.1) is 12.7 Å². The number of benzene rings is 3. The molecule has 6 nitrogen and oxygen atoms in total. The molecule has 0 heterocycles. The summed E-state index contributed by atoms with van der Waals surface area (Å²) in [4.78, 5) is 13.0. The number of halogens is 1. The Morgan fingerprint density at radius 2 is 1.73 bits per heavy atom. The first-order valence-corrected chi connectivity index (χ1v) is 12.0. The van der Waals surface area contributed by atoms with Gasteiger partial charge in [0.1, 0.15) is 18.1 Å². The number of carbonyl (C=O) groups excluding carboxylic acids is 1. The molecule has 174 valence electrons. The number of sulfonamides is 1. The van der Waals surface area contributed by atoms with Crippen LogP contribution < -0.4 is 14.4 Å². The minimum absolute atomic E-state index is 0.0288. The van der Waals surface area contributed by atoms with E-state index in [1.807, 2.05) is 32.0 Å². The summed E-state index contributed by atoms with van der Waals surface area (Å²) in [5, 5.41) is 2.88. The van der Waals surface area contributed by atoms with Crippen molar-refractivity contribution in [3.8, 4) is 5.75 Å². The summed E-state index contributed by atoms with van der Waals surface area (Å²) < 4.78 is 47.3. The van der Waals surface area contributed by atoms with Crippen LogP contribution in [0.5, 0.6) is 5.75 Å². The molecule has 0 aromatic heterocycles. The molecular formula is C25H27FN2O4S. The monoisotopic (exact) mass is 470 g/mol. The molecule has 0 aliphatic heterocycles. The van der Waals surface area contributed by atoms with Gasteiger partial charge in [0.2, 0.25) is 5.91 Å². The number of methoxy groups -OCH3 is 1. The normalized spacial score (nSPS) is 12.1. The maximum absolute atomic E-state index is 14.6. The van der Waals surface area contributed by atoms with E-state index >= 15 is 0 Å². The van der Waals surface area contributed by atoms with Gasteiger partial charge in [0.05, 0.1) is 23.7 Å². The van der Waals surface area contributed by atoms with E-state index in [2.05, 4.69) is 5.32 Å². The van der Waals surface area contributed by atoms with E-state index in [-0.39, 0.29) is 16.6 Å². The van der Waals surface area contributed by atoms with Crippen molar-refractivity contribution in [1.29, 1.82) is 0 Å². The SMILES string of the molecule is CC[C@@H](NC(=O)CN(c1ccccc1F)S(=O)(=O)c1ccccc1)c1ccc(OC)c(C)c1. The summed E-state index contributed by atoms with van der Waals surface area (Å²) in [5.74, 6) is -0.541. The van der Waals surface area contributed by atoms with Gasteiger partial charge in [-0.1, -0.05) is 49.4 Å². The fourth-order valence-electron chi connectivity index (χ4n) is 3.58. The Kier molecular flexibility index (Phi) is 7.71. The number of nitrogens with one attached hydrogen (secondary N) is 1. The van der Waals surface area contributed by atoms with E-state index in [4.69, 9.17) is 4.74 Å². The highest BCUT2D eigenvalue weighted by Crippen LogP contribution is 2.27. The van der Waals surface area contributed by atoms with E-state index in [1.54, 1.807) is 25.3 Å². The van der Waals surface area contributed by atoms with Crippen LogP contribution in [0.3, 0.4) is 0 Å². The van der Waals surface area contributed by atoms with Gasteiger partial charge in [-0.3, -0.25) is 9.10 Å². The van der Waals surface area contributed by atoms with Crippen LogP contribution in [0.1, 0.15) is 30.5 Å². The molecule has 0 saturated heterocycles. The van der Waals surface area contributed by atoms with Crippen LogP contribution in [0.15, 0.2) is 77.7 Å². The predicted octanol–water partition coefficient (Wildman–Crippen LogP) is 4.61. The molecule has 3 aromatic rings. The molecule has 0 unspecified atom stereocenters. The highest BCUT2D eigenvalue weighted by Gasteiger charge is 2.29. The van der Waals surface area contributed by atoms with Crippen LogP contribution in [-0.4, -0.2) is 28.0 Å². The van der Waals surface area contributed by atoms with Crippen molar-refractivity contribution in [2.75, 3.05) is 18.0 Å². The summed E-state index contributed by atoms with van der Waals surface area (Å²) in [7, 11) is -2.59. The topological polar surface area (TPSA) is 75.7 Å². The lowest BCUT2D eigenvalue weighted by molar-refractivity contribution is -0.120. The van der Waals surface area contributed by atoms with Crippen molar-refractivity contribution in [3.63, 3.8) is 0 Å². The van der Waals surface area contributed by atoms with Crippen LogP contribution in [0.25, 0.3) is 0 Å². The first-order chi connectivity index (χ1) is 15.8. The average molecular weight is 471 g/mol. The van der Waals surface area contributed by atoms with Crippen LogP contribution in [0.4, 0.5) is 10.1 Å². The summed E-state index contributed by atoms with van der Waals surface area (Å²) >= 11 is 0. The quantitative estimate of drug-likeness (QED) is 0.496. The molecule has 0 aliphatic rings. The number of aryl methyl sites for hydroxylation is 1. The van der Waals surface area contributed by atoms with E-state index < -0.39 is 28.3 Å². The van der Waals surface area contributed by atoms with Crippen molar-refractivity contribution in [2.45, 2.75) is 31.2 Å². The third-order valence-corrected chi connectivity index (χ3v) is 7.08. The van der Waals surface area contributed by atoms with Crippen molar-refractivity contribution < 1.29 is 22.3 Å². The van der Waals surface area contributed by atoms with E-state index in [0.717, 1.165) is 27.2 Å². The predicted molar refractivity (Wildman–Crippen MR) is 126 cm³/mol. The number of carbonyl (C=O) groups is 1. The Bertz CT molecular complexity index is 1220. The number of ether oxygens (including phenoxy) is 1. The second-order valence-electron chi connectivity index (χ2n) is 7.53. The maximum Gasteiger partial charge on any atom is 0.264 e. The fourth-order valence-corrected chi connectivity index (χ4v) is 5.03. The third-order valence-electron chi connectivity index (χ3n) is 5.30. The molecule has 0 radical (unpaired) electrons. The zero-order valence-electron chi connectivity index (χ0n) is 18.8. The molecule has 3 rings (SSSR count). The maximum atomic E-state index is 14.6. The zero-order chi connectivity index (χ0) is 24.0. The molecule has 1 amide bonds. The molecule has 0 saturated carbocycles. The molecule has 0 aliphatic carbocycles. The van der Waals surface area contributed by atoms with Gasteiger partial charge in [-0.2, -0.15) is 0 Å². The van der Waals surface area contributed by atoms with E-state index in [9.17, 15) is 17.6 Å². The second kappa shape index (κ2) is 10.5. The zero-order valence-corrected chi connectivity index (χ0v) is 19.6. The van der Waals surface area contributed by atoms with Gasteiger partial charge in [-0.25, -0.2) is 12.8 Å². The third kappa shape index (κ3) is 5.51.